The van der Waals surface area contributed by atoms with Crippen LogP contribution in [0.5, 0.6) is 5.75 Å². The van der Waals surface area contributed by atoms with Crippen LogP contribution >= 0.6 is 11.6 Å². The average Bonchev–Trinajstić information content (AvgIpc) is 2.73. The molecule has 0 amide bonds. The number of benzene rings is 1. The highest BCUT2D eigenvalue weighted by Crippen LogP contribution is 2.22. The molecule has 0 spiro atoms. The van der Waals surface area contributed by atoms with Gasteiger partial charge in [0.15, 0.2) is 0 Å². The Morgan fingerprint density at radius 2 is 1.32 bits per heavy atom. The zero-order valence-corrected chi connectivity index (χ0v) is 20.3. The first kappa shape index (κ1) is 27.5. The summed E-state index contributed by atoms with van der Waals surface area (Å²) in [6.45, 7) is 4.57. The lowest BCUT2D eigenvalue weighted by Crippen LogP contribution is -2.11. The standard InChI is InChI=1S/C26H41ClO4/c1-3-4-5-6-7-8-9-10-11-12-13-14-20-30-25(28)16-15-17-26(29)31-24-19-18-23(27)21-22(24)2/h18-19,21H,3-17,20H2,1-2H3. The first-order valence-corrected chi connectivity index (χ1v) is 12.5. The van der Waals surface area contributed by atoms with E-state index in [0.29, 0.717) is 23.8 Å². The largest absolute Gasteiger partial charge is 0.466 e. The van der Waals surface area contributed by atoms with Gasteiger partial charge in [-0.2, -0.15) is 0 Å². The highest BCUT2D eigenvalue weighted by atomic mass is 35.5. The number of halogens is 1. The van der Waals surface area contributed by atoms with Crippen molar-refractivity contribution in [3.8, 4) is 5.75 Å². The summed E-state index contributed by atoms with van der Waals surface area (Å²) in [5, 5.41) is 0.605. The second-order valence-electron chi connectivity index (χ2n) is 8.35. The fourth-order valence-corrected chi connectivity index (χ4v) is 3.71. The lowest BCUT2D eigenvalue weighted by molar-refractivity contribution is -0.144. The van der Waals surface area contributed by atoms with Crippen LogP contribution in [0.1, 0.15) is 109 Å². The van der Waals surface area contributed by atoms with Gasteiger partial charge in [0, 0.05) is 17.9 Å². The van der Waals surface area contributed by atoms with Gasteiger partial charge in [-0.3, -0.25) is 9.59 Å². The smallest absolute Gasteiger partial charge is 0.311 e. The van der Waals surface area contributed by atoms with E-state index in [1.165, 1.54) is 64.2 Å². The summed E-state index contributed by atoms with van der Waals surface area (Å²) in [6, 6.07) is 5.11. The van der Waals surface area contributed by atoms with Gasteiger partial charge in [-0.05, 0) is 43.5 Å². The molecular weight excluding hydrogens is 412 g/mol. The molecular formula is C26H41ClO4. The molecule has 0 aliphatic rings. The van der Waals surface area contributed by atoms with Crippen molar-refractivity contribution in [3.05, 3.63) is 28.8 Å². The minimum atomic E-state index is -0.348. The summed E-state index contributed by atoms with van der Waals surface area (Å²) in [7, 11) is 0. The predicted molar refractivity (Wildman–Crippen MR) is 128 cm³/mol. The maximum Gasteiger partial charge on any atom is 0.311 e. The molecule has 0 fully saturated rings. The molecule has 0 unspecified atom stereocenters. The van der Waals surface area contributed by atoms with Crippen LogP contribution in [0, 0.1) is 6.92 Å². The molecule has 0 heterocycles. The molecule has 176 valence electrons. The molecule has 0 saturated carbocycles. The fourth-order valence-electron chi connectivity index (χ4n) is 3.48. The molecule has 0 N–H and O–H groups in total. The molecule has 0 aromatic heterocycles. The Hall–Kier alpha value is -1.55. The number of ether oxygens (including phenoxy) is 2. The van der Waals surface area contributed by atoms with Crippen molar-refractivity contribution in [1.29, 1.82) is 0 Å². The first-order chi connectivity index (χ1) is 15.0. The molecule has 0 aliphatic heterocycles. The topological polar surface area (TPSA) is 52.6 Å². The Balaban J connectivity index is 1.92. The van der Waals surface area contributed by atoms with Crippen molar-refractivity contribution >= 4 is 23.5 Å². The Morgan fingerprint density at radius 3 is 1.90 bits per heavy atom. The number of carbonyl (C=O) groups excluding carboxylic acids is 2. The van der Waals surface area contributed by atoms with Crippen LogP contribution in [-0.4, -0.2) is 18.5 Å². The lowest BCUT2D eigenvalue weighted by Gasteiger charge is -2.08. The van der Waals surface area contributed by atoms with Gasteiger partial charge in [0.1, 0.15) is 5.75 Å². The molecule has 31 heavy (non-hydrogen) atoms. The van der Waals surface area contributed by atoms with Gasteiger partial charge in [-0.25, -0.2) is 0 Å². The summed E-state index contributed by atoms with van der Waals surface area (Å²) in [6.07, 6.45) is 16.3. The van der Waals surface area contributed by atoms with E-state index in [2.05, 4.69) is 6.92 Å². The average molecular weight is 453 g/mol. The Kier molecular flexibility index (Phi) is 16.0. The van der Waals surface area contributed by atoms with Crippen LogP contribution in [0.4, 0.5) is 0 Å². The van der Waals surface area contributed by atoms with E-state index in [4.69, 9.17) is 21.1 Å². The Bertz CT molecular complexity index is 630. The van der Waals surface area contributed by atoms with E-state index in [-0.39, 0.29) is 24.8 Å². The number of carbonyl (C=O) groups is 2. The van der Waals surface area contributed by atoms with Crippen LogP contribution < -0.4 is 4.74 Å². The van der Waals surface area contributed by atoms with Gasteiger partial charge in [0.05, 0.1) is 6.61 Å². The van der Waals surface area contributed by atoms with Crippen molar-refractivity contribution in [3.63, 3.8) is 0 Å². The normalized spacial score (nSPS) is 10.8. The minimum Gasteiger partial charge on any atom is -0.466 e. The van der Waals surface area contributed by atoms with Crippen molar-refractivity contribution in [1.82, 2.24) is 0 Å². The van der Waals surface area contributed by atoms with Gasteiger partial charge >= 0.3 is 11.9 Å². The third-order valence-corrected chi connectivity index (χ3v) is 5.62. The van der Waals surface area contributed by atoms with Crippen molar-refractivity contribution in [2.24, 2.45) is 0 Å². The maximum atomic E-state index is 11.9. The third kappa shape index (κ3) is 15.0. The summed E-state index contributed by atoms with van der Waals surface area (Å²) < 4.78 is 10.6. The van der Waals surface area contributed by atoms with Crippen molar-refractivity contribution in [2.75, 3.05) is 6.61 Å². The summed E-state index contributed by atoms with van der Waals surface area (Å²) in [5.41, 5.74) is 0.808. The highest BCUT2D eigenvalue weighted by molar-refractivity contribution is 6.30. The van der Waals surface area contributed by atoms with E-state index in [0.717, 1.165) is 18.4 Å². The third-order valence-electron chi connectivity index (χ3n) is 5.38. The highest BCUT2D eigenvalue weighted by Gasteiger charge is 2.10. The van der Waals surface area contributed by atoms with Gasteiger partial charge in [0.2, 0.25) is 0 Å². The SMILES string of the molecule is CCCCCCCCCCCCCCOC(=O)CCCC(=O)Oc1ccc(Cl)cc1C. The minimum absolute atomic E-state index is 0.190. The summed E-state index contributed by atoms with van der Waals surface area (Å²) in [5.74, 6) is -0.0818. The number of hydrogen-bond donors (Lipinski definition) is 0. The molecule has 0 bridgehead atoms. The van der Waals surface area contributed by atoms with Gasteiger partial charge in [0.25, 0.3) is 0 Å². The molecule has 0 atom stereocenters. The molecule has 1 aromatic rings. The molecule has 5 heteroatoms. The molecule has 1 rings (SSSR count). The predicted octanol–water partition coefficient (Wildman–Crippen LogP) is 7.97. The van der Waals surface area contributed by atoms with Gasteiger partial charge < -0.3 is 9.47 Å². The van der Waals surface area contributed by atoms with Crippen LogP contribution in [0.3, 0.4) is 0 Å². The first-order valence-electron chi connectivity index (χ1n) is 12.2. The molecule has 4 nitrogen and oxygen atoms in total. The van der Waals surface area contributed by atoms with E-state index in [1.54, 1.807) is 18.2 Å². The van der Waals surface area contributed by atoms with E-state index < -0.39 is 0 Å². The second-order valence-corrected chi connectivity index (χ2v) is 8.78. The van der Waals surface area contributed by atoms with Crippen molar-refractivity contribution < 1.29 is 19.1 Å². The maximum absolute atomic E-state index is 11.9. The number of hydrogen-bond acceptors (Lipinski definition) is 4. The number of unbranched alkanes of at least 4 members (excludes halogenated alkanes) is 11. The molecule has 0 saturated heterocycles. The van der Waals surface area contributed by atoms with Crippen molar-refractivity contribution in [2.45, 2.75) is 110 Å². The van der Waals surface area contributed by atoms with Crippen LogP contribution in [0.15, 0.2) is 18.2 Å². The molecule has 0 radical (unpaired) electrons. The number of esters is 2. The summed E-state index contributed by atoms with van der Waals surface area (Å²) in [4.78, 5) is 23.7. The monoisotopic (exact) mass is 452 g/mol. The van der Waals surface area contributed by atoms with Crippen LogP contribution in [-0.2, 0) is 14.3 Å². The van der Waals surface area contributed by atoms with E-state index >= 15 is 0 Å². The van der Waals surface area contributed by atoms with E-state index in [1.807, 2.05) is 6.92 Å². The van der Waals surface area contributed by atoms with Crippen LogP contribution in [0.2, 0.25) is 5.02 Å². The second kappa shape index (κ2) is 18.1. The zero-order valence-electron chi connectivity index (χ0n) is 19.6. The Morgan fingerprint density at radius 1 is 0.774 bits per heavy atom. The molecule has 0 aliphatic carbocycles. The molecule has 1 aromatic carbocycles. The van der Waals surface area contributed by atoms with E-state index in [9.17, 15) is 9.59 Å². The Labute approximate surface area is 194 Å². The number of aryl methyl sites for hydroxylation is 1. The lowest BCUT2D eigenvalue weighted by atomic mass is 10.1. The fraction of sp³-hybridized carbons (Fsp3) is 0.692. The van der Waals surface area contributed by atoms with Gasteiger partial charge in [-0.1, -0.05) is 89.2 Å². The number of rotatable bonds is 18. The summed E-state index contributed by atoms with van der Waals surface area (Å²) >= 11 is 5.89. The van der Waals surface area contributed by atoms with Crippen LogP contribution in [0.25, 0.3) is 0 Å². The van der Waals surface area contributed by atoms with Gasteiger partial charge in [-0.15, -0.1) is 0 Å². The quantitative estimate of drug-likeness (QED) is 0.129. The zero-order chi connectivity index (χ0) is 22.7.